The van der Waals surface area contributed by atoms with Gasteiger partial charge >= 0.3 is 0 Å². The van der Waals surface area contributed by atoms with Crippen LogP contribution in [0.2, 0.25) is 0 Å². The lowest BCUT2D eigenvalue weighted by Gasteiger charge is -2.09. The van der Waals surface area contributed by atoms with E-state index in [2.05, 4.69) is 10.4 Å². The molecule has 0 saturated heterocycles. The third kappa shape index (κ3) is 2.71. The van der Waals surface area contributed by atoms with Gasteiger partial charge in [0.05, 0.1) is 11.9 Å². The number of hydrogen-bond donors (Lipinski definition) is 2. The third-order valence-corrected chi connectivity index (χ3v) is 2.05. The Hall–Kier alpha value is -1.52. The lowest BCUT2D eigenvalue weighted by atomic mass is 10.2. The summed E-state index contributed by atoms with van der Waals surface area (Å²) in [5.41, 5.74) is 6.57. The Labute approximate surface area is 89.6 Å². The number of hydrogen-bond acceptors (Lipinski definition) is 3. The zero-order valence-electron chi connectivity index (χ0n) is 9.45. The summed E-state index contributed by atoms with van der Waals surface area (Å²) in [5.74, 6) is 0.272. The number of aromatic nitrogens is 2. The Bertz CT molecular complexity index is 343. The average Bonchev–Trinajstić information content (AvgIpc) is 2.56. The summed E-state index contributed by atoms with van der Waals surface area (Å²) < 4.78 is 1.60. The van der Waals surface area contributed by atoms with Gasteiger partial charge in [0, 0.05) is 13.1 Å². The number of nitrogen functional groups attached to an aromatic ring is 1. The Morgan fingerprint density at radius 1 is 1.67 bits per heavy atom. The van der Waals surface area contributed by atoms with Crippen molar-refractivity contribution in [1.29, 1.82) is 0 Å². The fourth-order valence-electron chi connectivity index (χ4n) is 1.27. The van der Waals surface area contributed by atoms with E-state index in [9.17, 15) is 4.79 Å². The molecule has 1 aromatic rings. The molecule has 0 aliphatic heterocycles. The van der Waals surface area contributed by atoms with Gasteiger partial charge in [-0.25, -0.2) is 0 Å². The normalized spacial score (nSPS) is 10.7. The zero-order valence-corrected chi connectivity index (χ0v) is 9.45. The van der Waals surface area contributed by atoms with E-state index in [0.717, 1.165) is 0 Å². The molecule has 5 heteroatoms. The van der Waals surface area contributed by atoms with Gasteiger partial charge in [0.2, 0.25) is 0 Å². The second-order valence-electron chi connectivity index (χ2n) is 3.87. The van der Waals surface area contributed by atoms with E-state index < -0.39 is 0 Å². The van der Waals surface area contributed by atoms with Gasteiger partial charge in [-0.3, -0.25) is 9.48 Å². The molecule has 1 heterocycles. The van der Waals surface area contributed by atoms with Crippen molar-refractivity contribution in [2.75, 3.05) is 12.3 Å². The van der Waals surface area contributed by atoms with Gasteiger partial charge in [0.25, 0.3) is 5.91 Å². The number of anilines is 1. The Morgan fingerprint density at radius 3 is 2.87 bits per heavy atom. The average molecular weight is 210 g/mol. The minimum Gasteiger partial charge on any atom is -0.396 e. The van der Waals surface area contributed by atoms with E-state index in [4.69, 9.17) is 5.73 Å². The van der Waals surface area contributed by atoms with Gasteiger partial charge in [-0.05, 0) is 12.8 Å². The largest absolute Gasteiger partial charge is 0.396 e. The van der Waals surface area contributed by atoms with Crippen molar-refractivity contribution < 1.29 is 4.79 Å². The molecule has 1 rings (SSSR count). The van der Waals surface area contributed by atoms with Crippen LogP contribution in [0.1, 0.15) is 31.3 Å². The number of nitrogens with one attached hydrogen (secondary N) is 1. The van der Waals surface area contributed by atoms with Gasteiger partial charge in [0.1, 0.15) is 5.69 Å². The molecule has 0 spiro atoms. The lowest BCUT2D eigenvalue weighted by molar-refractivity contribution is 0.0939. The number of carbonyl (C=O) groups excluding carboxylic acids is 1. The van der Waals surface area contributed by atoms with Crippen molar-refractivity contribution >= 4 is 11.6 Å². The molecular weight excluding hydrogens is 192 g/mol. The van der Waals surface area contributed by atoms with E-state index in [-0.39, 0.29) is 5.91 Å². The molecule has 1 amide bonds. The maximum atomic E-state index is 11.8. The topological polar surface area (TPSA) is 72.9 Å². The van der Waals surface area contributed by atoms with E-state index in [0.29, 0.717) is 30.4 Å². The summed E-state index contributed by atoms with van der Waals surface area (Å²) >= 11 is 0. The first-order valence-corrected chi connectivity index (χ1v) is 5.15. The van der Waals surface area contributed by atoms with Crippen molar-refractivity contribution in [3.63, 3.8) is 0 Å². The molecular formula is C10H18N4O. The van der Waals surface area contributed by atoms with Crippen LogP contribution in [-0.2, 0) is 6.54 Å². The highest BCUT2D eigenvalue weighted by Gasteiger charge is 2.15. The third-order valence-electron chi connectivity index (χ3n) is 2.05. The van der Waals surface area contributed by atoms with Crippen molar-refractivity contribution in [3.8, 4) is 0 Å². The molecule has 3 N–H and O–H groups in total. The number of nitrogens with two attached hydrogens (primary N) is 1. The molecule has 0 aliphatic rings. The van der Waals surface area contributed by atoms with Crippen LogP contribution < -0.4 is 11.1 Å². The SMILES string of the molecule is CCn1ncc(N)c1C(=O)NCC(C)C. The fourth-order valence-corrected chi connectivity index (χ4v) is 1.27. The van der Waals surface area contributed by atoms with Gasteiger partial charge in [-0.15, -0.1) is 0 Å². The molecule has 1 aromatic heterocycles. The molecule has 15 heavy (non-hydrogen) atoms. The predicted molar refractivity (Wildman–Crippen MR) is 59.5 cm³/mol. The minimum atomic E-state index is -0.152. The predicted octanol–water partition coefficient (Wildman–Crippen LogP) is 0.871. The number of carbonyl (C=O) groups is 1. The summed E-state index contributed by atoms with van der Waals surface area (Å²) in [5, 5.41) is 6.83. The standard InChI is InChI=1S/C10H18N4O/c1-4-14-9(8(11)6-13-14)10(15)12-5-7(2)3/h6-7H,4-5,11H2,1-3H3,(H,12,15). The molecule has 5 nitrogen and oxygen atoms in total. The molecule has 0 atom stereocenters. The van der Waals surface area contributed by atoms with Crippen molar-refractivity contribution in [2.45, 2.75) is 27.3 Å². The summed E-state index contributed by atoms with van der Waals surface area (Å²) in [4.78, 5) is 11.8. The first kappa shape index (κ1) is 11.6. The highest BCUT2D eigenvalue weighted by atomic mass is 16.2. The summed E-state index contributed by atoms with van der Waals surface area (Å²) in [6.07, 6.45) is 1.51. The maximum absolute atomic E-state index is 11.8. The van der Waals surface area contributed by atoms with E-state index in [1.54, 1.807) is 4.68 Å². The number of rotatable bonds is 4. The number of aryl methyl sites for hydroxylation is 1. The Balaban J connectivity index is 2.76. The molecule has 0 bridgehead atoms. The molecule has 0 saturated carbocycles. The summed E-state index contributed by atoms with van der Waals surface area (Å²) in [6, 6.07) is 0. The van der Waals surface area contributed by atoms with Crippen molar-refractivity contribution in [3.05, 3.63) is 11.9 Å². The van der Waals surface area contributed by atoms with Crippen LogP contribution >= 0.6 is 0 Å². The summed E-state index contributed by atoms with van der Waals surface area (Å²) in [6.45, 7) is 7.29. The highest BCUT2D eigenvalue weighted by Crippen LogP contribution is 2.10. The molecule has 0 aromatic carbocycles. The first-order chi connectivity index (χ1) is 7.06. The molecule has 0 aliphatic carbocycles. The monoisotopic (exact) mass is 210 g/mol. The van der Waals surface area contributed by atoms with Crippen LogP contribution in [0, 0.1) is 5.92 Å². The quantitative estimate of drug-likeness (QED) is 0.774. The van der Waals surface area contributed by atoms with Crippen LogP contribution in [0.3, 0.4) is 0 Å². The van der Waals surface area contributed by atoms with Crippen LogP contribution in [-0.4, -0.2) is 22.2 Å². The van der Waals surface area contributed by atoms with Gasteiger partial charge in [-0.2, -0.15) is 5.10 Å². The van der Waals surface area contributed by atoms with Crippen LogP contribution in [0.15, 0.2) is 6.20 Å². The van der Waals surface area contributed by atoms with Crippen molar-refractivity contribution in [1.82, 2.24) is 15.1 Å². The van der Waals surface area contributed by atoms with Gasteiger partial charge < -0.3 is 11.1 Å². The fraction of sp³-hybridized carbons (Fsp3) is 0.600. The lowest BCUT2D eigenvalue weighted by Crippen LogP contribution is -2.30. The van der Waals surface area contributed by atoms with E-state index in [1.807, 2.05) is 20.8 Å². The Kier molecular flexibility index (Phi) is 3.71. The second-order valence-corrected chi connectivity index (χ2v) is 3.87. The zero-order chi connectivity index (χ0) is 11.4. The number of amides is 1. The van der Waals surface area contributed by atoms with Gasteiger partial charge in [0.15, 0.2) is 0 Å². The Morgan fingerprint density at radius 2 is 2.33 bits per heavy atom. The number of nitrogens with zero attached hydrogens (tertiary/aromatic N) is 2. The first-order valence-electron chi connectivity index (χ1n) is 5.15. The van der Waals surface area contributed by atoms with Crippen molar-refractivity contribution in [2.24, 2.45) is 5.92 Å². The van der Waals surface area contributed by atoms with Crippen LogP contribution in [0.25, 0.3) is 0 Å². The van der Waals surface area contributed by atoms with E-state index in [1.165, 1.54) is 6.20 Å². The smallest absolute Gasteiger partial charge is 0.271 e. The molecule has 0 unspecified atom stereocenters. The highest BCUT2D eigenvalue weighted by molar-refractivity contribution is 5.97. The maximum Gasteiger partial charge on any atom is 0.271 e. The molecule has 0 fully saturated rings. The van der Waals surface area contributed by atoms with Crippen LogP contribution in [0.4, 0.5) is 5.69 Å². The molecule has 84 valence electrons. The van der Waals surface area contributed by atoms with Gasteiger partial charge in [-0.1, -0.05) is 13.8 Å². The van der Waals surface area contributed by atoms with Crippen LogP contribution in [0.5, 0.6) is 0 Å². The minimum absolute atomic E-state index is 0.152. The molecule has 0 radical (unpaired) electrons. The summed E-state index contributed by atoms with van der Waals surface area (Å²) in [7, 11) is 0. The van der Waals surface area contributed by atoms with E-state index >= 15 is 0 Å². The second kappa shape index (κ2) is 4.82.